The van der Waals surface area contributed by atoms with Gasteiger partial charge < -0.3 is 9.72 Å². The number of imidazole rings is 1. The number of aromatic amines is 1. The maximum absolute atomic E-state index is 6.08. The molecule has 3 aromatic rings. The van der Waals surface area contributed by atoms with Crippen molar-refractivity contribution < 1.29 is 4.74 Å². The number of H-pyrrole nitrogens is 1. The van der Waals surface area contributed by atoms with Crippen LogP contribution in [-0.2, 0) is 0 Å². The maximum atomic E-state index is 6.08. The molecule has 3 rings (SSSR count). The quantitative estimate of drug-likeness (QED) is 0.792. The van der Waals surface area contributed by atoms with Gasteiger partial charge in [0.05, 0.1) is 18.4 Å². The molecule has 2 heterocycles. The Morgan fingerprint density at radius 2 is 2.10 bits per heavy atom. The van der Waals surface area contributed by atoms with Crippen LogP contribution in [0.15, 0.2) is 42.7 Å². The van der Waals surface area contributed by atoms with E-state index in [1.54, 1.807) is 25.6 Å². The predicted molar refractivity (Wildman–Crippen MR) is 83.6 cm³/mol. The van der Waals surface area contributed by atoms with Crippen LogP contribution in [0.3, 0.4) is 0 Å². The first-order chi connectivity index (χ1) is 10.2. The molecule has 5 heteroatoms. The van der Waals surface area contributed by atoms with Crippen LogP contribution in [0.1, 0.15) is 5.69 Å². The SMILES string of the molecule is COc1ccc(Cl)cc1-c1nc(-c2cccnc2)c(C)[nH]1. The van der Waals surface area contributed by atoms with Crippen molar-refractivity contribution in [1.82, 2.24) is 15.0 Å². The standard InChI is InChI=1S/C16H14ClN3O/c1-10-15(11-4-3-7-18-9-11)20-16(19-10)13-8-12(17)5-6-14(13)21-2/h3-9H,1-2H3,(H,19,20). The van der Waals surface area contributed by atoms with Crippen LogP contribution in [0.5, 0.6) is 5.75 Å². The van der Waals surface area contributed by atoms with Gasteiger partial charge in [0.25, 0.3) is 0 Å². The van der Waals surface area contributed by atoms with E-state index in [4.69, 9.17) is 16.3 Å². The van der Waals surface area contributed by atoms with E-state index in [9.17, 15) is 0 Å². The Balaban J connectivity index is 2.12. The molecule has 4 nitrogen and oxygen atoms in total. The normalized spacial score (nSPS) is 10.6. The number of benzene rings is 1. The summed E-state index contributed by atoms with van der Waals surface area (Å²) in [7, 11) is 1.63. The Bertz CT molecular complexity index is 768. The molecule has 0 atom stereocenters. The monoisotopic (exact) mass is 299 g/mol. The van der Waals surface area contributed by atoms with E-state index in [1.165, 1.54) is 0 Å². The molecular weight excluding hydrogens is 286 g/mol. The molecule has 0 aliphatic rings. The highest BCUT2D eigenvalue weighted by Crippen LogP contribution is 2.33. The summed E-state index contributed by atoms with van der Waals surface area (Å²) in [6.45, 7) is 1.98. The minimum Gasteiger partial charge on any atom is -0.496 e. The number of rotatable bonds is 3. The smallest absolute Gasteiger partial charge is 0.142 e. The van der Waals surface area contributed by atoms with Crippen molar-refractivity contribution >= 4 is 11.6 Å². The van der Waals surface area contributed by atoms with Gasteiger partial charge >= 0.3 is 0 Å². The Kier molecular flexibility index (Phi) is 3.62. The lowest BCUT2D eigenvalue weighted by Gasteiger charge is -2.06. The minimum atomic E-state index is 0.641. The first kappa shape index (κ1) is 13.6. The summed E-state index contributed by atoms with van der Waals surface area (Å²) in [5.41, 5.74) is 3.65. The van der Waals surface area contributed by atoms with Crippen LogP contribution in [0.2, 0.25) is 5.02 Å². The maximum Gasteiger partial charge on any atom is 0.142 e. The number of nitrogens with zero attached hydrogens (tertiary/aromatic N) is 2. The van der Waals surface area contributed by atoms with Crippen LogP contribution in [0, 0.1) is 6.92 Å². The van der Waals surface area contributed by atoms with Gasteiger partial charge in [0, 0.05) is 28.7 Å². The van der Waals surface area contributed by atoms with Crippen LogP contribution < -0.4 is 4.74 Å². The van der Waals surface area contributed by atoms with E-state index in [0.717, 1.165) is 34.1 Å². The average Bonchev–Trinajstić information content (AvgIpc) is 2.90. The fourth-order valence-corrected chi connectivity index (χ4v) is 2.41. The summed E-state index contributed by atoms with van der Waals surface area (Å²) in [5.74, 6) is 1.46. The summed E-state index contributed by atoms with van der Waals surface area (Å²) < 4.78 is 5.38. The molecule has 0 amide bonds. The van der Waals surface area contributed by atoms with Gasteiger partial charge in [0.1, 0.15) is 11.6 Å². The number of aryl methyl sites for hydroxylation is 1. The number of methoxy groups -OCH3 is 1. The highest BCUT2D eigenvalue weighted by molar-refractivity contribution is 6.30. The zero-order chi connectivity index (χ0) is 14.8. The summed E-state index contributed by atoms with van der Waals surface area (Å²) in [4.78, 5) is 12.1. The zero-order valence-electron chi connectivity index (χ0n) is 11.7. The Morgan fingerprint density at radius 1 is 1.24 bits per heavy atom. The van der Waals surface area contributed by atoms with Crippen molar-refractivity contribution in [3.63, 3.8) is 0 Å². The van der Waals surface area contributed by atoms with Crippen LogP contribution in [0.25, 0.3) is 22.6 Å². The van der Waals surface area contributed by atoms with Crippen LogP contribution in [0.4, 0.5) is 0 Å². The zero-order valence-corrected chi connectivity index (χ0v) is 12.5. The molecule has 0 fully saturated rings. The van der Waals surface area contributed by atoms with Gasteiger partial charge in [-0.3, -0.25) is 4.98 Å². The lowest BCUT2D eigenvalue weighted by Crippen LogP contribution is -1.89. The topological polar surface area (TPSA) is 50.8 Å². The van der Waals surface area contributed by atoms with Crippen molar-refractivity contribution in [3.8, 4) is 28.4 Å². The molecule has 106 valence electrons. The van der Waals surface area contributed by atoms with Crippen molar-refractivity contribution in [1.29, 1.82) is 0 Å². The largest absolute Gasteiger partial charge is 0.496 e. The number of hydrogen-bond acceptors (Lipinski definition) is 3. The van der Waals surface area contributed by atoms with E-state index in [1.807, 2.05) is 31.2 Å². The minimum absolute atomic E-state index is 0.641. The molecule has 0 spiro atoms. The number of hydrogen-bond donors (Lipinski definition) is 1. The average molecular weight is 300 g/mol. The van der Waals surface area contributed by atoms with Gasteiger partial charge in [-0.1, -0.05) is 11.6 Å². The molecule has 2 aromatic heterocycles. The fourth-order valence-electron chi connectivity index (χ4n) is 2.24. The summed E-state index contributed by atoms with van der Waals surface area (Å²) in [5, 5.41) is 0.641. The summed E-state index contributed by atoms with van der Waals surface area (Å²) in [6, 6.07) is 9.34. The van der Waals surface area contributed by atoms with Crippen molar-refractivity contribution in [2.45, 2.75) is 6.92 Å². The van der Waals surface area contributed by atoms with Crippen LogP contribution >= 0.6 is 11.6 Å². The highest BCUT2D eigenvalue weighted by Gasteiger charge is 2.14. The molecular formula is C16H14ClN3O. The van der Waals surface area contributed by atoms with E-state index in [0.29, 0.717) is 5.02 Å². The second-order valence-electron chi connectivity index (χ2n) is 4.65. The van der Waals surface area contributed by atoms with Gasteiger partial charge in [0.2, 0.25) is 0 Å². The Labute approximate surface area is 127 Å². The molecule has 0 aliphatic heterocycles. The third-order valence-corrected chi connectivity index (χ3v) is 3.47. The lowest BCUT2D eigenvalue weighted by molar-refractivity contribution is 0.416. The van der Waals surface area contributed by atoms with E-state index >= 15 is 0 Å². The molecule has 0 saturated carbocycles. The van der Waals surface area contributed by atoms with Crippen molar-refractivity contribution in [2.75, 3.05) is 7.11 Å². The summed E-state index contributed by atoms with van der Waals surface area (Å²) >= 11 is 6.08. The van der Waals surface area contributed by atoms with Gasteiger partial charge in [-0.2, -0.15) is 0 Å². The molecule has 21 heavy (non-hydrogen) atoms. The number of aromatic nitrogens is 3. The molecule has 0 unspecified atom stereocenters. The van der Waals surface area contributed by atoms with Gasteiger partial charge in [-0.25, -0.2) is 4.98 Å². The fraction of sp³-hybridized carbons (Fsp3) is 0.125. The van der Waals surface area contributed by atoms with E-state index < -0.39 is 0 Å². The van der Waals surface area contributed by atoms with Crippen molar-refractivity contribution in [2.24, 2.45) is 0 Å². The number of pyridine rings is 1. The van der Waals surface area contributed by atoms with Crippen molar-refractivity contribution in [3.05, 3.63) is 53.4 Å². The Hall–Kier alpha value is -2.33. The molecule has 1 aromatic carbocycles. The molecule has 1 N–H and O–H groups in total. The highest BCUT2D eigenvalue weighted by atomic mass is 35.5. The first-order valence-corrected chi connectivity index (χ1v) is 6.87. The Morgan fingerprint density at radius 3 is 2.81 bits per heavy atom. The van der Waals surface area contributed by atoms with Crippen LogP contribution in [-0.4, -0.2) is 22.1 Å². The second-order valence-corrected chi connectivity index (χ2v) is 5.08. The lowest BCUT2D eigenvalue weighted by atomic mass is 10.2. The number of ether oxygens (including phenoxy) is 1. The van der Waals surface area contributed by atoms with E-state index in [-0.39, 0.29) is 0 Å². The molecule has 0 bridgehead atoms. The van der Waals surface area contributed by atoms with Gasteiger partial charge in [-0.15, -0.1) is 0 Å². The molecule has 0 radical (unpaired) electrons. The summed E-state index contributed by atoms with van der Waals surface area (Å²) in [6.07, 6.45) is 3.54. The van der Waals surface area contributed by atoms with E-state index in [2.05, 4.69) is 15.0 Å². The van der Waals surface area contributed by atoms with Gasteiger partial charge in [0.15, 0.2) is 0 Å². The third kappa shape index (κ3) is 2.62. The third-order valence-electron chi connectivity index (χ3n) is 3.24. The second kappa shape index (κ2) is 5.58. The van der Waals surface area contributed by atoms with Gasteiger partial charge in [-0.05, 0) is 37.3 Å². The number of halogens is 1. The first-order valence-electron chi connectivity index (χ1n) is 6.50. The number of nitrogens with one attached hydrogen (secondary N) is 1. The molecule has 0 aliphatic carbocycles. The predicted octanol–water partition coefficient (Wildman–Crippen LogP) is 4.11. The molecule has 0 saturated heterocycles.